The fourth-order valence-corrected chi connectivity index (χ4v) is 3.36. The molecule has 1 unspecified atom stereocenters. The molecule has 0 fully saturated rings. The number of hydrogen-bond acceptors (Lipinski definition) is 1. The first-order valence-corrected chi connectivity index (χ1v) is 8.67. The van der Waals surface area contributed by atoms with Crippen molar-refractivity contribution >= 4 is 11.6 Å². The van der Waals surface area contributed by atoms with Crippen LogP contribution in [0.1, 0.15) is 66.6 Å². The van der Waals surface area contributed by atoms with Crippen LogP contribution in [0, 0.1) is 0 Å². The average molecular weight is 307 g/mol. The summed E-state index contributed by atoms with van der Waals surface area (Å²) in [5.41, 5.74) is 5.58. The van der Waals surface area contributed by atoms with Crippen LogP contribution in [-0.4, -0.2) is 5.91 Å². The number of anilines is 1. The van der Waals surface area contributed by atoms with Crippen molar-refractivity contribution in [2.75, 3.05) is 4.90 Å². The number of nitrogens with zero attached hydrogens (tertiary/aromatic N) is 1. The molecule has 1 aliphatic heterocycles. The zero-order valence-electron chi connectivity index (χ0n) is 14.3. The fourth-order valence-electron chi connectivity index (χ4n) is 3.36. The summed E-state index contributed by atoms with van der Waals surface area (Å²) >= 11 is 0. The Morgan fingerprint density at radius 1 is 1.09 bits per heavy atom. The maximum absolute atomic E-state index is 12.7. The highest BCUT2D eigenvalue weighted by molar-refractivity contribution is 6.10. The van der Waals surface area contributed by atoms with Crippen molar-refractivity contribution in [1.82, 2.24) is 0 Å². The Labute approximate surface area is 139 Å². The van der Waals surface area contributed by atoms with Crippen LogP contribution in [0.5, 0.6) is 0 Å². The SMILES string of the molecule is CCCC(C)c1ccc(N2Cc3ccc(CC)cc3C2=O)cc1. The number of carbonyl (C=O) groups is 1. The van der Waals surface area contributed by atoms with Crippen LogP contribution in [0.15, 0.2) is 42.5 Å². The van der Waals surface area contributed by atoms with Gasteiger partial charge in [0.2, 0.25) is 0 Å². The summed E-state index contributed by atoms with van der Waals surface area (Å²) in [6, 6.07) is 14.8. The normalized spacial score (nSPS) is 14.9. The molecule has 0 bridgehead atoms. The van der Waals surface area contributed by atoms with Gasteiger partial charge in [-0.3, -0.25) is 4.79 Å². The van der Waals surface area contributed by atoms with Crippen LogP contribution in [0.3, 0.4) is 0 Å². The van der Waals surface area contributed by atoms with Crippen LogP contribution < -0.4 is 4.90 Å². The molecule has 1 heterocycles. The Kier molecular flexibility index (Phi) is 4.51. The van der Waals surface area contributed by atoms with Crippen LogP contribution in [0.4, 0.5) is 5.69 Å². The minimum Gasteiger partial charge on any atom is -0.304 e. The molecular weight excluding hydrogens is 282 g/mol. The van der Waals surface area contributed by atoms with E-state index < -0.39 is 0 Å². The number of aryl methyl sites for hydroxylation is 1. The molecule has 0 saturated carbocycles. The van der Waals surface area contributed by atoms with Gasteiger partial charge in [0.15, 0.2) is 0 Å². The van der Waals surface area contributed by atoms with Crippen LogP contribution in [0.2, 0.25) is 0 Å². The molecule has 23 heavy (non-hydrogen) atoms. The third-order valence-corrected chi connectivity index (χ3v) is 4.88. The topological polar surface area (TPSA) is 20.3 Å². The molecule has 1 atom stereocenters. The predicted octanol–water partition coefficient (Wildman–Crippen LogP) is 5.31. The molecule has 0 aliphatic carbocycles. The van der Waals surface area contributed by atoms with Gasteiger partial charge in [0.25, 0.3) is 5.91 Å². The predicted molar refractivity (Wildman–Crippen MR) is 96.1 cm³/mol. The maximum Gasteiger partial charge on any atom is 0.258 e. The minimum absolute atomic E-state index is 0.129. The molecule has 0 spiro atoms. The molecule has 0 radical (unpaired) electrons. The second-order valence-corrected chi connectivity index (χ2v) is 6.52. The zero-order chi connectivity index (χ0) is 16.4. The summed E-state index contributed by atoms with van der Waals surface area (Å²) in [7, 11) is 0. The van der Waals surface area contributed by atoms with Gasteiger partial charge in [0, 0.05) is 11.3 Å². The van der Waals surface area contributed by atoms with Crippen molar-refractivity contribution in [1.29, 1.82) is 0 Å². The highest BCUT2D eigenvalue weighted by Gasteiger charge is 2.28. The lowest BCUT2D eigenvalue weighted by Crippen LogP contribution is -2.22. The monoisotopic (exact) mass is 307 g/mol. The van der Waals surface area contributed by atoms with E-state index in [1.54, 1.807) is 0 Å². The number of benzene rings is 2. The van der Waals surface area contributed by atoms with E-state index in [-0.39, 0.29) is 5.91 Å². The largest absolute Gasteiger partial charge is 0.304 e. The average Bonchev–Trinajstić information content (AvgIpc) is 2.91. The quantitative estimate of drug-likeness (QED) is 0.732. The van der Waals surface area contributed by atoms with Crippen LogP contribution in [-0.2, 0) is 13.0 Å². The third kappa shape index (κ3) is 3.03. The van der Waals surface area contributed by atoms with Crippen LogP contribution in [0.25, 0.3) is 0 Å². The first-order chi connectivity index (χ1) is 11.1. The molecule has 1 amide bonds. The second kappa shape index (κ2) is 6.57. The van der Waals surface area contributed by atoms with Crippen molar-refractivity contribution < 1.29 is 4.79 Å². The molecular formula is C21H25NO. The van der Waals surface area contributed by atoms with E-state index in [1.807, 2.05) is 4.90 Å². The van der Waals surface area contributed by atoms with E-state index in [2.05, 4.69) is 63.2 Å². The van der Waals surface area contributed by atoms with E-state index in [0.29, 0.717) is 12.5 Å². The van der Waals surface area contributed by atoms with Gasteiger partial charge in [-0.2, -0.15) is 0 Å². The number of amides is 1. The minimum atomic E-state index is 0.129. The summed E-state index contributed by atoms with van der Waals surface area (Å²) in [5, 5.41) is 0. The Morgan fingerprint density at radius 2 is 1.83 bits per heavy atom. The van der Waals surface area contributed by atoms with E-state index in [1.165, 1.54) is 24.0 Å². The van der Waals surface area contributed by atoms with Crippen molar-refractivity contribution in [2.45, 2.75) is 52.5 Å². The second-order valence-electron chi connectivity index (χ2n) is 6.52. The third-order valence-electron chi connectivity index (χ3n) is 4.88. The molecule has 2 aromatic rings. The summed E-state index contributed by atoms with van der Waals surface area (Å²) in [6.45, 7) is 7.29. The van der Waals surface area contributed by atoms with Gasteiger partial charge < -0.3 is 4.90 Å². The molecule has 3 rings (SSSR count). The molecule has 0 N–H and O–H groups in total. The van der Waals surface area contributed by atoms with Gasteiger partial charge in [-0.25, -0.2) is 0 Å². The molecule has 120 valence electrons. The molecule has 2 heteroatoms. The molecule has 1 aliphatic rings. The molecule has 2 nitrogen and oxygen atoms in total. The first kappa shape index (κ1) is 15.8. The number of hydrogen-bond donors (Lipinski definition) is 0. The van der Waals surface area contributed by atoms with E-state index >= 15 is 0 Å². The highest BCUT2D eigenvalue weighted by atomic mass is 16.2. The van der Waals surface area contributed by atoms with Crippen molar-refractivity contribution in [3.8, 4) is 0 Å². The summed E-state index contributed by atoms with van der Waals surface area (Å²) < 4.78 is 0. The smallest absolute Gasteiger partial charge is 0.258 e. The Bertz CT molecular complexity index is 702. The van der Waals surface area contributed by atoms with E-state index in [9.17, 15) is 4.79 Å². The standard InChI is InChI=1S/C21H25NO/c1-4-6-15(3)17-9-11-19(12-10-17)22-14-18-8-7-16(5-2)13-20(18)21(22)23/h7-13,15H,4-6,14H2,1-3H3. The lowest BCUT2D eigenvalue weighted by atomic mass is 9.96. The Morgan fingerprint density at radius 3 is 2.48 bits per heavy atom. The summed E-state index contributed by atoms with van der Waals surface area (Å²) in [5.74, 6) is 0.706. The van der Waals surface area contributed by atoms with Gasteiger partial charge in [-0.05, 0) is 53.6 Å². The Hall–Kier alpha value is -2.09. The number of rotatable bonds is 5. The van der Waals surface area contributed by atoms with Crippen molar-refractivity contribution in [2.24, 2.45) is 0 Å². The van der Waals surface area contributed by atoms with Gasteiger partial charge in [0.1, 0.15) is 0 Å². The van der Waals surface area contributed by atoms with Crippen LogP contribution >= 0.6 is 0 Å². The first-order valence-electron chi connectivity index (χ1n) is 8.67. The maximum atomic E-state index is 12.7. The zero-order valence-corrected chi connectivity index (χ0v) is 14.3. The molecule has 0 aromatic heterocycles. The van der Waals surface area contributed by atoms with Crippen molar-refractivity contribution in [3.63, 3.8) is 0 Å². The lowest BCUT2D eigenvalue weighted by molar-refractivity contribution is 0.0996. The fraction of sp³-hybridized carbons (Fsp3) is 0.381. The van der Waals surface area contributed by atoms with E-state index in [4.69, 9.17) is 0 Å². The van der Waals surface area contributed by atoms with Gasteiger partial charge >= 0.3 is 0 Å². The lowest BCUT2D eigenvalue weighted by Gasteiger charge is -2.17. The highest BCUT2D eigenvalue weighted by Crippen LogP contribution is 2.30. The Balaban J connectivity index is 1.82. The van der Waals surface area contributed by atoms with Gasteiger partial charge in [-0.15, -0.1) is 0 Å². The number of carbonyl (C=O) groups excluding carboxylic acids is 1. The van der Waals surface area contributed by atoms with Crippen molar-refractivity contribution in [3.05, 3.63) is 64.7 Å². The summed E-state index contributed by atoms with van der Waals surface area (Å²) in [6.07, 6.45) is 3.36. The number of fused-ring (bicyclic) bond motifs is 1. The molecule has 0 saturated heterocycles. The van der Waals surface area contributed by atoms with Gasteiger partial charge in [0.05, 0.1) is 6.54 Å². The summed E-state index contributed by atoms with van der Waals surface area (Å²) in [4.78, 5) is 14.6. The van der Waals surface area contributed by atoms with E-state index in [0.717, 1.165) is 23.2 Å². The van der Waals surface area contributed by atoms with Gasteiger partial charge in [-0.1, -0.05) is 51.5 Å². The molecule has 2 aromatic carbocycles.